The van der Waals surface area contributed by atoms with Crippen molar-refractivity contribution in [3.63, 3.8) is 0 Å². The molecule has 0 atom stereocenters. The van der Waals surface area contributed by atoms with Crippen LogP contribution in [0.5, 0.6) is 0 Å². The minimum absolute atomic E-state index is 0.0588. The van der Waals surface area contributed by atoms with Gasteiger partial charge in [0.05, 0.1) is 0 Å². The van der Waals surface area contributed by atoms with Crippen molar-refractivity contribution in [2.45, 2.75) is 38.3 Å². The smallest absolute Gasteiger partial charge is 0.327 e. The minimum Gasteiger partial charge on any atom is -0.369 e. The van der Waals surface area contributed by atoms with Crippen molar-refractivity contribution in [2.75, 3.05) is 41.3 Å². The van der Waals surface area contributed by atoms with Crippen molar-refractivity contribution in [2.24, 2.45) is 5.92 Å². The monoisotopic (exact) mass is 518 g/mol. The van der Waals surface area contributed by atoms with Gasteiger partial charge in [-0.05, 0) is 78.8 Å². The van der Waals surface area contributed by atoms with E-state index in [9.17, 15) is 4.79 Å². The van der Waals surface area contributed by atoms with Gasteiger partial charge in [0, 0.05) is 43.2 Å². The lowest BCUT2D eigenvalue weighted by atomic mass is 9.80. The molecule has 6 rings (SSSR count). The number of nitrogens with one attached hydrogen (secondary N) is 1. The van der Waals surface area contributed by atoms with Gasteiger partial charge in [-0.25, -0.2) is 4.79 Å². The third kappa shape index (κ3) is 5.24. The third-order valence-corrected chi connectivity index (χ3v) is 8.70. The maximum atomic E-state index is 14.3. The van der Waals surface area contributed by atoms with Gasteiger partial charge in [-0.15, -0.1) is 0 Å². The van der Waals surface area contributed by atoms with Gasteiger partial charge >= 0.3 is 6.03 Å². The lowest BCUT2D eigenvalue weighted by Crippen LogP contribution is -2.68. The van der Waals surface area contributed by atoms with E-state index in [2.05, 4.69) is 93.7 Å². The summed E-state index contributed by atoms with van der Waals surface area (Å²) >= 11 is 0. The average Bonchev–Trinajstić information content (AvgIpc) is 2.99. The topological polar surface area (TPSA) is 38.8 Å². The number of anilines is 3. The van der Waals surface area contributed by atoms with E-state index < -0.39 is 0 Å². The number of carbonyl (C=O) groups excluding carboxylic acids is 1. The van der Waals surface area contributed by atoms with Gasteiger partial charge < -0.3 is 10.2 Å². The highest BCUT2D eigenvalue weighted by atomic mass is 16.2. The summed E-state index contributed by atoms with van der Waals surface area (Å²) in [4.78, 5) is 21.5. The zero-order valence-corrected chi connectivity index (χ0v) is 22.8. The molecule has 39 heavy (non-hydrogen) atoms. The number of para-hydroxylation sites is 2. The van der Waals surface area contributed by atoms with Crippen LogP contribution < -0.4 is 15.1 Å². The molecule has 1 N–H and O–H groups in total. The van der Waals surface area contributed by atoms with Crippen molar-refractivity contribution < 1.29 is 4.79 Å². The Balaban J connectivity index is 1.33. The molecule has 0 aromatic heterocycles. The highest BCUT2D eigenvalue weighted by molar-refractivity contribution is 6.04. The molecule has 1 aliphatic heterocycles. The van der Waals surface area contributed by atoms with Crippen LogP contribution in [-0.2, 0) is 0 Å². The Bertz CT molecular complexity index is 1390. The summed E-state index contributed by atoms with van der Waals surface area (Å²) < 4.78 is 0. The number of piperazine rings is 1. The fraction of sp³-hybridized carbons (Fsp3) is 0.324. The van der Waals surface area contributed by atoms with E-state index in [1.165, 1.54) is 11.1 Å². The highest BCUT2D eigenvalue weighted by Crippen LogP contribution is 2.42. The van der Waals surface area contributed by atoms with Crippen LogP contribution in [0.25, 0.3) is 10.8 Å². The molecule has 200 valence electrons. The first-order chi connectivity index (χ1) is 19.1. The average molecular weight is 519 g/mol. The molecule has 0 radical (unpaired) electrons. The number of urea groups is 1. The SMILES string of the molecule is CC1CCC(N2CCN(c3ccccc3)CC2)(N(C(=O)Nc2ccc3ccccc3c2)c2ccccc2)CC1. The maximum Gasteiger partial charge on any atom is 0.327 e. The number of hydrogen-bond donors (Lipinski definition) is 1. The molecular formula is C34H38N4O. The van der Waals surface area contributed by atoms with Crippen LogP contribution in [0.2, 0.25) is 0 Å². The van der Waals surface area contributed by atoms with Gasteiger partial charge in [-0.2, -0.15) is 0 Å². The number of amides is 2. The van der Waals surface area contributed by atoms with E-state index in [1.807, 2.05) is 36.4 Å². The van der Waals surface area contributed by atoms with Gasteiger partial charge in [-0.3, -0.25) is 9.80 Å². The minimum atomic E-state index is -0.364. The van der Waals surface area contributed by atoms with E-state index in [4.69, 9.17) is 0 Å². The summed E-state index contributed by atoms with van der Waals surface area (Å²) in [5, 5.41) is 5.59. The second kappa shape index (κ2) is 11.1. The summed E-state index contributed by atoms with van der Waals surface area (Å²) in [5.74, 6) is 0.671. The predicted octanol–water partition coefficient (Wildman–Crippen LogP) is 7.61. The van der Waals surface area contributed by atoms with Gasteiger partial charge in [-0.1, -0.05) is 73.7 Å². The predicted molar refractivity (Wildman–Crippen MR) is 162 cm³/mol. The van der Waals surface area contributed by atoms with Crippen LogP contribution in [0.15, 0.2) is 103 Å². The van der Waals surface area contributed by atoms with E-state index in [0.717, 1.165) is 68.6 Å². The Morgan fingerprint density at radius 1 is 0.769 bits per heavy atom. The molecule has 1 aliphatic carbocycles. The zero-order chi connectivity index (χ0) is 26.7. The second-order valence-electron chi connectivity index (χ2n) is 11.1. The first-order valence-corrected chi connectivity index (χ1v) is 14.3. The first kappa shape index (κ1) is 25.4. The third-order valence-electron chi connectivity index (χ3n) is 8.70. The molecule has 2 aliphatic rings. The van der Waals surface area contributed by atoms with Crippen LogP contribution in [0.1, 0.15) is 32.6 Å². The Labute approximate surface area is 232 Å². The first-order valence-electron chi connectivity index (χ1n) is 14.3. The zero-order valence-electron chi connectivity index (χ0n) is 22.8. The van der Waals surface area contributed by atoms with Crippen molar-refractivity contribution in [3.05, 3.63) is 103 Å². The molecular weight excluding hydrogens is 480 g/mol. The van der Waals surface area contributed by atoms with E-state index in [-0.39, 0.29) is 11.7 Å². The van der Waals surface area contributed by atoms with E-state index >= 15 is 0 Å². The second-order valence-corrected chi connectivity index (χ2v) is 11.1. The van der Waals surface area contributed by atoms with Crippen molar-refractivity contribution in [1.29, 1.82) is 0 Å². The normalized spacial score (nSPS) is 22.0. The van der Waals surface area contributed by atoms with Gasteiger partial charge in [0.15, 0.2) is 0 Å². The number of carbonyl (C=O) groups is 1. The summed E-state index contributed by atoms with van der Waals surface area (Å²) in [6, 6.07) is 35.3. The number of fused-ring (bicyclic) bond motifs is 1. The van der Waals surface area contributed by atoms with Crippen molar-refractivity contribution in [3.8, 4) is 0 Å². The summed E-state index contributed by atoms with van der Waals surface area (Å²) in [6.45, 7) is 6.11. The molecule has 1 saturated heterocycles. The number of nitrogens with zero attached hydrogens (tertiary/aromatic N) is 3. The molecule has 5 nitrogen and oxygen atoms in total. The number of benzene rings is 4. The maximum absolute atomic E-state index is 14.3. The molecule has 2 fully saturated rings. The quantitative estimate of drug-likeness (QED) is 0.296. The largest absolute Gasteiger partial charge is 0.369 e. The molecule has 2 amide bonds. The molecule has 4 aromatic rings. The molecule has 0 unspecified atom stereocenters. The van der Waals surface area contributed by atoms with Gasteiger partial charge in [0.1, 0.15) is 5.66 Å². The molecule has 0 bridgehead atoms. The molecule has 0 spiro atoms. The van der Waals surface area contributed by atoms with Crippen molar-refractivity contribution >= 4 is 33.9 Å². The van der Waals surface area contributed by atoms with Crippen LogP contribution in [0, 0.1) is 5.92 Å². The highest BCUT2D eigenvalue weighted by Gasteiger charge is 2.48. The Morgan fingerprint density at radius 2 is 1.38 bits per heavy atom. The molecule has 1 saturated carbocycles. The lowest BCUT2D eigenvalue weighted by molar-refractivity contribution is 0.0366. The lowest BCUT2D eigenvalue weighted by Gasteiger charge is -2.55. The Kier molecular flexibility index (Phi) is 7.25. The van der Waals surface area contributed by atoms with E-state index in [0.29, 0.717) is 5.92 Å². The Hall–Kier alpha value is -3.83. The van der Waals surface area contributed by atoms with Crippen LogP contribution >= 0.6 is 0 Å². The van der Waals surface area contributed by atoms with E-state index in [1.54, 1.807) is 0 Å². The molecule has 5 heteroatoms. The van der Waals surface area contributed by atoms with Gasteiger partial charge in [0.2, 0.25) is 0 Å². The van der Waals surface area contributed by atoms with Gasteiger partial charge in [0.25, 0.3) is 0 Å². The van der Waals surface area contributed by atoms with Crippen LogP contribution in [-0.4, -0.2) is 42.8 Å². The Morgan fingerprint density at radius 3 is 2.08 bits per heavy atom. The fourth-order valence-electron chi connectivity index (χ4n) is 6.50. The number of rotatable bonds is 5. The standard InChI is InChI=1S/C34H38N4O/c1-27-18-20-34(21-19-27,37-24-22-36(23-25-37)31-12-4-2-5-13-31)38(32-14-6-3-7-15-32)33(39)35-30-17-16-28-10-8-9-11-29(28)26-30/h2-17,26-27H,18-25H2,1H3,(H,35,39). The van der Waals surface area contributed by atoms with Crippen LogP contribution in [0.3, 0.4) is 0 Å². The fourth-order valence-corrected chi connectivity index (χ4v) is 6.50. The molecule has 4 aromatic carbocycles. The summed E-state index contributed by atoms with van der Waals surface area (Å²) in [6.07, 6.45) is 4.18. The molecule has 1 heterocycles. The van der Waals surface area contributed by atoms with Crippen LogP contribution in [0.4, 0.5) is 21.9 Å². The summed E-state index contributed by atoms with van der Waals surface area (Å²) in [5.41, 5.74) is 2.69. The number of hydrogen-bond acceptors (Lipinski definition) is 3. The van der Waals surface area contributed by atoms with Crippen molar-refractivity contribution in [1.82, 2.24) is 4.90 Å². The summed E-state index contributed by atoms with van der Waals surface area (Å²) in [7, 11) is 0.